The van der Waals surface area contributed by atoms with Crippen molar-refractivity contribution in [3.8, 4) is 0 Å². The molecular formula is C12H19FN4O3S. The Morgan fingerprint density at radius 3 is 2.52 bits per heavy atom. The van der Waals surface area contributed by atoms with Gasteiger partial charge in [-0.3, -0.25) is 10.6 Å². The minimum Gasteiger partial charge on any atom is -0.350 e. The topological polar surface area (TPSA) is 113 Å². The van der Waals surface area contributed by atoms with Crippen LogP contribution in [0.25, 0.3) is 0 Å². The number of nitrogens with one attached hydrogen (secondary N) is 3. The van der Waals surface area contributed by atoms with Gasteiger partial charge in [0.25, 0.3) is 5.91 Å². The summed E-state index contributed by atoms with van der Waals surface area (Å²) in [6.07, 6.45) is 1.03. The third-order valence-electron chi connectivity index (χ3n) is 2.56. The van der Waals surface area contributed by atoms with Gasteiger partial charge in [0, 0.05) is 12.1 Å². The predicted octanol–water partition coefficient (Wildman–Crippen LogP) is 0.169. The Morgan fingerprint density at radius 2 is 2.00 bits per heavy atom. The number of para-hydroxylation sites is 1. The minimum absolute atomic E-state index is 0.0272. The molecule has 7 nitrogen and oxygen atoms in total. The lowest BCUT2D eigenvalue weighted by Gasteiger charge is -2.25. The largest absolute Gasteiger partial charge is 0.350 e. The first kappa shape index (κ1) is 17.3. The summed E-state index contributed by atoms with van der Waals surface area (Å²) in [4.78, 5) is 12.0. The van der Waals surface area contributed by atoms with Gasteiger partial charge in [-0.1, -0.05) is 6.07 Å². The van der Waals surface area contributed by atoms with Crippen LogP contribution in [0.4, 0.5) is 10.1 Å². The number of rotatable bonds is 6. The molecule has 0 radical (unpaired) electrons. The molecule has 118 valence electrons. The van der Waals surface area contributed by atoms with E-state index in [0.717, 1.165) is 6.26 Å². The molecule has 0 aliphatic rings. The van der Waals surface area contributed by atoms with Gasteiger partial charge in [0.05, 0.1) is 17.5 Å². The number of nitrogens with two attached hydrogens (primary N) is 1. The van der Waals surface area contributed by atoms with Gasteiger partial charge in [-0.05, 0) is 26.0 Å². The first-order valence-corrected chi connectivity index (χ1v) is 7.97. The van der Waals surface area contributed by atoms with Crippen LogP contribution in [0.15, 0.2) is 18.2 Å². The summed E-state index contributed by atoms with van der Waals surface area (Å²) in [5, 5.41) is 2.54. The summed E-state index contributed by atoms with van der Waals surface area (Å²) in [5.74, 6) is 3.97. The van der Waals surface area contributed by atoms with Crippen molar-refractivity contribution in [1.29, 1.82) is 0 Å². The molecule has 5 N–H and O–H groups in total. The summed E-state index contributed by atoms with van der Waals surface area (Å²) in [7, 11) is -3.41. The van der Waals surface area contributed by atoms with E-state index < -0.39 is 27.3 Å². The molecule has 0 atom stereocenters. The van der Waals surface area contributed by atoms with E-state index in [9.17, 15) is 17.6 Å². The van der Waals surface area contributed by atoms with Crippen LogP contribution in [0.2, 0.25) is 0 Å². The summed E-state index contributed by atoms with van der Waals surface area (Å²) in [6.45, 7) is 3.25. The highest BCUT2D eigenvalue weighted by Gasteiger charge is 2.24. The second-order valence-corrected chi connectivity index (χ2v) is 7.00. The Hall–Kier alpha value is -1.71. The van der Waals surface area contributed by atoms with Gasteiger partial charge >= 0.3 is 0 Å². The van der Waals surface area contributed by atoms with Gasteiger partial charge in [-0.25, -0.2) is 17.5 Å². The van der Waals surface area contributed by atoms with Gasteiger partial charge in [-0.15, -0.1) is 0 Å². The Labute approximate surface area is 123 Å². The SMILES string of the molecule is CC(C)(CNC(=O)c1cccc(F)c1NN)NS(C)(=O)=O. The normalized spacial score (nSPS) is 12.0. The molecule has 21 heavy (non-hydrogen) atoms. The van der Waals surface area contributed by atoms with Crippen LogP contribution in [0.5, 0.6) is 0 Å². The first-order valence-electron chi connectivity index (χ1n) is 6.08. The van der Waals surface area contributed by atoms with E-state index in [1.54, 1.807) is 13.8 Å². The van der Waals surface area contributed by atoms with Gasteiger partial charge in [0.1, 0.15) is 5.82 Å². The number of hydrazine groups is 1. The van der Waals surface area contributed by atoms with Gasteiger partial charge in [0.15, 0.2) is 0 Å². The fourth-order valence-corrected chi connectivity index (χ4v) is 2.87. The lowest BCUT2D eigenvalue weighted by molar-refractivity contribution is 0.0945. The van der Waals surface area contributed by atoms with Crippen LogP contribution in [-0.2, 0) is 10.0 Å². The molecule has 0 unspecified atom stereocenters. The molecular weight excluding hydrogens is 299 g/mol. The van der Waals surface area contributed by atoms with E-state index in [4.69, 9.17) is 5.84 Å². The highest BCUT2D eigenvalue weighted by Crippen LogP contribution is 2.18. The van der Waals surface area contributed by atoms with Crippen LogP contribution in [0, 0.1) is 5.82 Å². The van der Waals surface area contributed by atoms with Crippen LogP contribution >= 0.6 is 0 Å². The minimum atomic E-state index is -3.41. The molecule has 1 aromatic carbocycles. The Balaban J connectivity index is 2.81. The van der Waals surface area contributed by atoms with Crippen molar-refractivity contribution in [1.82, 2.24) is 10.0 Å². The molecule has 0 aromatic heterocycles. The Bertz CT molecular complexity index is 631. The maximum atomic E-state index is 13.5. The third kappa shape index (κ3) is 5.29. The van der Waals surface area contributed by atoms with Crippen molar-refractivity contribution in [3.05, 3.63) is 29.6 Å². The molecule has 1 rings (SSSR count). The molecule has 0 aliphatic heterocycles. The van der Waals surface area contributed by atoms with E-state index in [-0.39, 0.29) is 17.8 Å². The number of halogens is 1. The van der Waals surface area contributed by atoms with Crippen LogP contribution < -0.4 is 21.3 Å². The number of carbonyl (C=O) groups is 1. The zero-order valence-corrected chi connectivity index (χ0v) is 12.8. The van der Waals surface area contributed by atoms with Crippen molar-refractivity contribution in [2.24, 2.45) is 5.84 Å². The predicted molar refractivity (Wildman–Crippen MR) is 78.6 cm³/mol. The Kier molecular flexibility index (Phi) is 5.26. The highest BCUT2D eigenvalue weighted by atomic mass is 32.2. The number of benzene rings is 1. The number of amides is 1. The zero-order valence-electron chi connectivity index (χ0n) is 12.0. The van der Waals surface area contributed by atoms with E-state index in [0.29, 0.717) is 0 Å². The second kappa shape index (κ2) is 6.37. The fourth-order valence-electron chi connectivity index (χ4n) is 1.79. The molecule has 0 bridgehead atoms. The maximum absolute atomic E-state index is 13.5. The van der Waals surface area contributed by atoms with E-state index in [1.165, 1.54) is 18.2 Å². The van der Waals surface area contributed by atoms with Gasteiger partial charge in [-0.2, -0.15) is 0 Å². The molecule has 9 heteroatoms. The van der Waals surface area contributed by atoms with Crippen molar-refractivity contribution in [2.75, 3.05) is 18.2 Å². The van der Waals surface area contributed by atoms with E-state index in [2.05, 4.69) is 15.5 Å². The molecule has 1 amide bonds. The van der Waals surface area contributed by atoms with Crippen LogP contribution in [-0.4, -0.2) is 32.7 Å². The number of nitrogen functional groups attached to an aromatic ring is 1. The lowest BCUT2D eigenvalue weighted by Crippen LogP contribution is -2.51. The summed E-state index contributed by atoms with van der Waals surface area (Å²) in [6, 6.07) is 3.96. The van der Waals surface area contributed by atoms with Crippen LogP contribution in [0.3, 0.4) is 0 Å². The quantitative estimate of drug-likeness (QED) is 0.441. The Morgan fingerprint density at radius 1 is 1.38 bits per heavy atom. The summed E-state index contributed by atoms with van der Waals surface area (Å²) < 4.78 is 38.3. The van der Waals surface area contributed by atoms with Crippen molar-refractivity contribution < 1.29 is 17.6 Å². The smallest absolute Gasteiger partial charge is 0.253 e. The maximum Gasteiger partial charge on any atom is 0.253 e. The van der Waals surface area contributed by atoms with E-state index in [1.807, 2.05) is 0 Å². The van der Waals surface area contributed by atoms with Gasteiger partial charge < -0.3 is 10.7 Å². The monoisotopic (exact) mass is 318 g/mol. The number of sulfonamides is 1. The average Bonchev–Trinajstić information content (AvgIpc) is 2.33. The molecule has 1 aromatic rings. The number of hydrogen-bond donors (Lipinski definition) is 4. The zero-order chi connectivity index (χ0) is 16.3. The molecule has 0 fully saturated rings. The molecule has 0 heterocycles. The van der Waals surface area contributed by atoms with Crippen LogP contribution in [0.1, 0.15) is 24.2 Å². The number of hydrogen-bond acceptors (Lipinski definition) is 5. The highest BCUT2D eigenvalue weighted by molar-refractivity contribution is 7.88. The molecule has 0 spiro atoms. The van der Waals surface area contributed by atoms with Crippen molar-refractivity contribution in [3.63, 3.8) is 0 Å². The molecule has 0 saturated carbocycles. The fraction of sp³-hybridized carbons (Fsp3) is 0.417. The van der Waals surface area contributed by atoms with E-state index >= 15 is 0 Å². The second-order valence-electron chi connectivity index (χ2n) is 5.25. The van der Waals surface area contributed by atoms with Crippen molar-refractivity contribution >= 4 is 21.6 Å². The van der Waals surface area contributed by atoms with Crippen molar-refractivity contribution in [2.45, 2.75) is 19.4 Å². The first-order chi connectivity index (χ1) is 9.56. The number of anilines is 1. The lowest BCUT2D eigenvalue weighted by atomic mass is 10.1. The average molecular weight is 318 g/mol. The summed E-state index contributed by atoms with van der Waals surface area (Å²) >= 11 is 0. The number of carbonyl (C=O) groups excluding carboxylic acids is 1. The molecule has 0 aliphatic carbocycles. The molecule has 0 saturated heterocycles. The third-order valence-corrected chi connectivity index (χ3v) is 3.48. The van der Waals surface area contributed by atoms with Gasteiger partial charge in [0.2, 0.25) is 10.0 Å². The standard InChI is InChI=1S/C12H19FN4O3S/c1-12(2,17-21(3,19)20)7-15-11(18)8-5-4-6-9(13)10(8)16-14/h4-6,16-17H,7,14H2,1-3H3,(H,15,18). The summed E-state index contributed by atoms with van der Waals surface area (Å²) in [5.41, 5.74) is 1.16.